The summed E-state index contributed by atoms with van der Waals surface area (Å²) in [5, 5.41) is 11.5. The molecule has 4 nitrogen and oxygen atoms in total. The van der Waals surface area contributed by atoms with Gasteiger partial charge in [-0.05, 0) is 53.2 Å². The molecule has 2 N–H and O–H groups in total. The summed E-state index contributed by atoms with van der Waals surface area (Å²) in [6, 6.07) is 11.6. The number of anilines is 1. The number of fused-ring (bicyclic) bond motifs is 1. The molecule has 25 heavy (non-hydrogen) atoms. The summed E-state index contributed by atoms with van der Waals surface area (Å²) in [5.74, 6) is -0.564. The molecule has 2 aromatic carbocycles. The lowest BCUT2D eigenvalue weighted by Gasteiger charge is -2.15. The van der Waals surface area contributed by atoms with Crippen molar-refractivity contribution < 1.29 is 18.0 Å². The van der Waals surface area contributed by atoms with Gasteiger partial charge >= 0.3 is 6.18 Å². The van der Waals surface area contributed by atoms with Crippen LogP contribution in [-0.2, 0) is 6.18 Å². The third-order valence-electron chi connectivity index (χ3n) is 3.48. The van der Waals surface area contributed by atoms with E-state index in [1.807, 2.05) is 11.4 Å². The van der Waals surface area contributed by atoms with Crippen LogP contribution in [0.4, 0.5) is 18.9 Å². The molecule has 0 aliphatic rings. The van der Waals surface area contributed by atoms with E-state index >= 15 is 0 Å². The number of nitrogens with one attached hydrogen (secondary N) is 2. The summed E-state index contributed by atoms with van der Waals surface area (Å²) in [6.45, 7) is 0. The quantitative estimate of drug-likeness (QED) is 0.673. The molecule has 0 unspecified atom stereocenters. The van der Waals surface area contributed by atoms with Crippen molar-refractivity contribution in [3.05, 3.63) is 64.5 Å². The molecule has 0 aliphatic heterocycles. The number of hydrazine groups is 1. The van der Waals surface area contributed by atoms with Gasteiger partial charge in [-0.2, -0.15) is 18.4 Å². The molecule has 1 heterocycles. The summed E-state index contributed by atoms with van der Waals surface area (Å²) >= 11 is 1.53. The monoisotopic (exact) mass is 361 g/mol. The second-order valence-electron chi connectivity index (χ2n) is 5.12. The van der Waals surface area contributed by atoms with Crippen molar-refractivity contribution in [2.45, 2.75) is 6.18 Å². The van der Waals surface area contributed by atoms with Crippen LogP contribution in [0.25, 0.3) is 10.1 Å². The molecule has 1 amide bonds. The van der Waals surface area contributed by atoms with E-state index in [9.17, 15) is 18.0 Å². The van der Waals surface area contributed by atoms with E-state index < -0.39 is 17.6 Å². The van der Waals surface area contributed by atoms with Crippen molar-refractivity contribution in [2.24, 2.45) is 0 Å². The first-order valence-electron chi connectivity index (χ1n) is 7.03. The maximum atomic E-state index is 13.1. The second kappa shape index (κ2) is 6.45. The van der Waals surface area contributed by atoms with Crippen molar-refractivity contribution >= 4 is 33.0 Å². The molecule has 0 spiro atoms. The van der Waals surface area contributed by atoms with Gasteiger partial charge in [0.25, 0.3) is 5.91 Å². The SMILES string of the molecule is N#Cc1ccc(NNC(=O)c2ccc3sccc3c2)c(C(F)(F)F)c1. The minimum atomic E-state index is -4.66. The van der Waals surface area contributed by atoms with Crippen LogP contribution in [-0.4, -0.2) is 5.91 Å². The molecule has 0 aliphatic carbocycles. The van der Waals surface area contributed by atoms with Gasteiger partial charge in [-0.1, -0.05) is 0 Å². The standard InChI is InChI=1S/C17H10F3N3OS/c18-17(19,20)13-7-10(9-21)1-3-14(13)22-23-16(24)12-2-4-15-11(8-12)5-6-25-15/h1-8,22H,(H,23,24). The minimum absolute atomic E-state index is 0.118. The topological polar surface area (TPSA) is 64.9 Å². The first-order valence-corrected chi connectivity index (χ1v) is 7.91. The number of carbonyl (C=O) groups is 1. The highest BCUT2D eigenvalue weighted by molar-refractivity contribution is 7.17. The highest BCUT2D eigenvalue weighted by Gasteiger charge is 2.34. The Morgan fingerprint density at radius 1 is 1.12 bits per heavy atom. The maximum absolute atomic E-state index is 13.1. The number of hydrogen-bond donors (Lipinski definition) is 2. The Bertz CT molecular complexity index is 989. The van der Waals surface area contributed by atoms with Crippen molar-refractivity contribution in [3.8, 4) is 6.07 Å². The predicted octanol–water partition coefficient (Wildman–Crippen LogP) is 4.55. The summed E-state index contributed by atoms with van der Waals surface area (Å²) in [4.78, 5) is 12.2. The number of thiophene rings is 1. The molecule has 0 atom stereocenters. The lowest BCUT2D eigenvalue weighted by molar-refractivity contribution is -0.137. The van der Waals surface area contributed by atoms with Crippen LogP contribution in [0, 0.1) is 11.3 Å². The molecule has 8 heteroatoms. The second-order valence-corrected chi connectivity index (χ2v) is 6.07. The van der Waals surface area contributed by atoms with Crippen LogP contribution >= 0.6 is 11.3 Å². The zero-order valence-corrected chi connectivity index (χ0v) is 13.3. The van der Waals surface area contributed by atoms with Gasteiger partial charge in [0.05, 0.1) is 22.9 Å². The fourth-order valence-electron chi connectivity index (χ4n) is 2.26. The smallest absolute Gasteiger partial charge is 0.298 e. The van der Waals surface area contributed by atoms with Crippen LogP contribution in [0.3, 0.4) is 0 Å². The van der Waals surface area contributed by atoms with E-state index in [1.165, 1.54) is 17.4 Å². The lowest BCUT2D eigenvalue weighted by atomic mass is 10.1. The van der Waals surface area contributed by atoms with Crippen LogP contribution in [0.5, 0.6) is 0 Å². The summed E-state index contributed by atoms with van der Waals surface area (Å²) in [7, 11) is 0. The number of nitriles is 1. The number of hydrogen-bond acceptors (Lipinski definition) is 4. The van der Waals surface area contributed by atoms with Gasteiger partial charge < -0.3 is 0 Å². The number of amides is 1. The first-order chi connectivity index (χ1) is 11.9. The van der Waals surface area contributed by atoms with Crippen molar-refractivity contribution in [1.29, 1.82) is 5.26 Å². The number of nitrogens with zero attached hydrogens (tertiary/aromatic N) is 1. The van der Waals surface area contributed by atoms with Crippen molar-refractivity contribution in [1.82, 2.24) is 5.43 Å². The fraction of sp³-hybridized carbons (Fsp3) is 0.0588. The van der Waals surface area contributed by atoms with E-state index in [0.717, 1.165) is 22.2 Å². The Hall–Kier alpha value is -3.05. The number of halogens is 3. The zero-order chi connectivity index (χ0) is 18.0. The van der Waals surface area contributed by atoms with Gasteiger partial charge in [0, 0.05) is 10.3 Å². The first kappa shape index (κ1) is 16.8. The Morgan fingerprint density at radius 3 is 2.64 bits per heavy atom. The molecule has 3 rings (SSSR count). The van der Waals surface area contributed by atoms with Gasteiger partial charge in [0.1, 0.15) is 0 Å². The van der Waals surface area contributed by atoms with Crippen molar-refractivity contribution in [3.63, 3.8) is 0 Å². The zero-order valence-electron chi connectivity index (χ0n) is 12.5. The number of rotatable bonds is 3. The molecule has 0 saturated heterocycles. The van der Waals surface area contributed by atoms with E-state index in [-0.39, 0.29) is 11.3 Å². The average molecular weight is 361 g/mol. The Morgan fingerprint density at radius 2 is 1.92 bits per heavy atom. The normalized spacial score (nSPS) is 11.1. The largest absolute Gasteiger partial charge is 0.418 e. The van der Waals surface area contributed by atoms with Gasteiger partial charge in [-0.15, -0.1) is 11.3 Å². The average Bonchev–Trinajstić information content (AvgIpc) is 3.06. The molecule has 1 aromatic heterocycles. The molecular weight excluding hydrogens is 351 g/mol. The third kappa shape index (κ3) is 3.56. The van der Waals surface area contributed by atoms with Crippen molar-refractivity contribution in [2.75, 3.05) is 5.43 Å². The number of alkyl halides is 3. The number of carbonyl (C=O) groups excluding carboxylic acids is 1. The van der Waals surface area contributed by atoms with E-state index in [4.69, 9.17) is 5.26 Å². The number of benzene rings is 2. The summed E-state index contributed by atoms with van der Waals surface area (Å²) in [5.41, 5.74) is 3.38. The van der Waals surface area contributed by atoms with Gasteiger partial charge in [-0.25, -0.2) is 0 Å². The third-order valence-corrected chi connectivity index (χ3v) is 4.38. The predicted molar refractivity (Wildman–Crippen MR) is 89.1 cm³/mol. The highest BCUT2D eigenvalue weighted by Crippen LogP contribution is 2.35. The van der Waals surface area contributed by atoms with Gasteiger partial charge in [0.2, 0.25) is 0 Å². The van der Waals surface area contributed by atoms with E-state index in [0.29, 0.717) is 5.56 Å². The summed E-state index contributed by atoms with van der Waals surface area (Å²) in [6.07, 6.45) is -4.66. The Balaban J connectivity index is 1.81. The Kier molecular flexibility index (Phi) is 4.33. The maximum Gasteiger partial charge on any atom is 0.418 e. The van der Waals surface area contributed by atoms with Gasteiger partial charge in [0.15, 0.2) is 0 Å². The minimum Gasteiger partial charge on any atom is -0.298 e. The molecule has 0 saturated carbocycles. The Labute approximate surface area is 144 Å². The molecule has 0 fully saturated rings. The molecule has 0 bridgehead atoms. The van der Waals surface area contributed by atoms with Crippen LogP contribution < -0.4 is 10.9 Å². The van der Waals surface area contributed by atoms with Gasteiger partial charge in [-0.3, -0.25) is 15.6 Å². The molecule has 3 aromatic rings. The van der Waals surface area contributed by atoms with Crippen LogP contribution in [0.2, 0.25) is 0 Å². The lowest BCUT2D eigenvalue weighted by Crippen LogP contribution is -2.30. The molecule has 126 valence electrons. The highest BCUT2D eigenvalue weighted by atomic mass is 32.1. The fourth-order valence-corrected chi connectivity index (χ4v) is 3.03. The van der Waals surface area contributed by atoms with E-state index in [1.54, 1.807) is 24.3 Å². The van der Waals surface area contributed by atoms with Crippen LogP contribution in [0.1, 0.15) is 21.5 Å². The molecule has 0 radical (unpaired) electrons. The van der Waals surface area contributed by atoms with Crippen LogP contribution in [0.15, 0.2) is 47.8 Å². The molecular formula is C17H10F3N3OS. The summed E-state index contributed by atoms with van der Waals surface area (Å²) < 4.78 is 40.3. The van der Waals surface area contributed by atoms with E-state index in [2.05, 4.69) is 10.9 Å².